The minimum Gasteiger partial charge on any atom is -0.458 e. The van der Waals surface area contributed by atoms with E-state index in [9.17, 15) is 9.59 Å². The van der Waals surface area contributed by atoms with Gasteiger partial charge in [0.15, 0.2) is 5.79 Å². The summed E-state index contributed by atoms with van der Waals surface area (Å²) >= 11 is 6.17. The van der Waals surface area contributed by atoms with E-state index >= 15 is 0 Å². The quantitative estimate of drug-likeness (QED) is 0.371. The van der Waals surface area contributed by atoms with Crippen molar-refractivity contribution < 1.29 is 23.8 Å². The summed E-state index contributed by atoms with van der Waals surface area (Å²) < 4.78 is 16.1. The van der Waals surface area contributed by atoms with Crippen LogP contribution in [-0.2, 0) is 19.1 Å². The van der Waals surface area contributed by atoms with Gasteiger partial charge in [-0.05, 0) is 50.6 Å². The van der Waals surface area contributed by atoms with Crippen molar-refractivity contribution in [3.63, 3.8) is 0 Å². The summed E-state index contributed by atoms with van der Waals surface area (Å²) in [4.78, 5) is 31.4. The van der Waals surface area contributed by atoms with Crippen molar-refractivity contribution >= 4 is 29.3 Å². The monoisotopic (exact) mass is 546 g/mol. The van der Waals surface area contributed by atoms with Crippen LogP contribution in [0.15, 0.2) is 53.4 Å². The van der Waals surface area contributed by atoms with Gasteiger partial charge in [-0.2, -0.15) is 4.99 Å². The molecule has 1 aromatic rings. The highest BCUT2D eigenvalue weighted by atomic mass is 35.5. The van der Waals surface area contributed by atoms with Gasteiger partial charge in [-0.1, -0.05) is 55.8 Å². The molecule has 2 aliphatic heterocycles. The largest absolute Gasteiger partial charge is 0.458 e. The Morgan fingerprint density at radius 1 is 1.26 bits per heavy atom. The van der Waals surface area contributed by atoms with Gasteiger partial charge in [-0.3, -0.25) is 9.59 Å². The van der Waals surface area contributed by atoms with E-state index < -0.39 is 11.9 Å². The first-order valence-electron chi connectivity index (χ1n) is 13.1. The van der Waals surface area contributed by atoms with Crippen molar-refractivity contribution in [1.82, 2.24) is 10.2 Å². The number of hydrogen-bond acceptors (Lipinski definition) is 6. The summed E-state index contributed by atoms with van der Waals surface area (Å²) in [5.74, 6) is 0.417. The molecule has 1 aromatic carbocycles. The molecule has 1 aliphatic carbocycles. The van der Waals surface area contributed by atoms with Crippen LogP contribution in [0.25, 0.3) is 0 Å². The van der Waals surface area contributed by atoms with E-state index in [1.807, 2.05) is 19.9 Å². The number of para-hydroxylation sites is 1. The Kier molecular flexibility index (Phi) is 11.2. The van der Waals surface area contributed by atoms with Crippen LogP contribution in [0.3, 0.4) is 0 Å². The van der Waals surface area contributed by atoms with Crippen molar-refractivity contribution in [1.29, 1.82) is 0 Å². The van der Waals surface area contributed by atoms with Gasteiger partial charge in [0.2, 0.25) is 0 Å². The minimum absolute atomic E-state index is 0.0974. The molecule has 1 atom stereocenters. The summed E-state index contributed by atoms with van der Waals surface area (Å²) in [5, 5.41) is 3.27. The Morgan fingerprint density at radius 3 is 2.55 bits per heavy atom. The number of nitrogens with one attached hydrogen (secondary N) is 1. The average molecular weight is 547 g/mol. The maximum absolute atomic E-state index is 13.0. The molecular weight excluding hydrogens is 508 g/mol. The SMILES string of the molecule is CC1(C)OCCO1.CN/C=C\C(N)=NC(=O)C(CC1CCCCC1)N1CC(Oc2ccccc2Cl)=CC1=O. The molecule has 3 N–H and O–H groups in total. The van der Waals surface area contributed by atoms with Crippen molar-refractivity contribution in [3.8, 4) is 5.75 Å². The van der Waals surface area contributed by atoms with E-state index in [0.717, 1.165) is 38.9 Å². The lowest BCUT2D eigenvalue weighted by Crippen LogP contribution is -2.44. The third-order valence-corrected chi connectivity index (χ3v) is 6.87. The molecule has 1 saturated heterocycles. The number of ether oxygens (including phenoxy) is 3. The fourth-order valence-corrected chi connectivity index (χ4v) is 4.80. The van der Waals surface area contributed by atoms with Crippen LogP contribution in [0, 0.1) is 5.92 Å². The zero-order valence-corrected chi connectivity index (χ0v) is 23.2. The summed E-state index contributed by atoms with van der Waals surface area (Å²) in [6.07, 6.45) is 10.7. The summed E-state index contributed by atoms with van der Waals surface area (Å²) in [6, 6.07) is 6.39. The molecule has 3 aliphatic rings. The van der Waals surface area contributed by atoms with Crippen LogP contribution in [0.1, 0.15) is 52.4 Å². The van der Waals surface area contributed by atoms with Crippen molar-refractivity contribution in [2.24, 2.45) is 16.6 Å². The second kappa shape index (κ2) is 14.3. The lowest BCUT2D eigenvalue weighted by Gasteiger charge is -2.30. The molecule has 2 fully saturated rings. The Balaban J connectivity index is 0.000000494. The molecule has 38 heavy (non-hydrogen) atoms. The number of halogens is 1. The summed E-state index contributed by atoms with van der Waals surface area (Å²) in [5.41, 5.74) is 5.86. The molecule has 0 aromatic heterocycles. The maximum atomic E-state index is 13.0. The molecule has 9 nitrogen and oxygen atoms in total. The lowest BCUT2D eigenvalue weighted by molar-refractivity contribution is -0.134. The number of hydrogen-bond donors (Lipinski definition) is 2. The number of nitrogens with two attached hydrogens (primary N) is 1. The van der Waals surface area contributed by atoms with Crippen molar-refractivity contribution in [3.05, 3.63) is 53.4 Å². The number of carbonyl (C=O) groups is 2. The van der Waals surface area contributed by atoms with Crippen LogP contribution < -0.4 is 15.8 Å². The molecule has 0 radical (unpaired) electrons. The van der Waals surface area contributed by atoms with E-state index in [1.54, 1.807) is 31.4 Å². The third-order valence-electron chi connectivity index (χ3n) is 6.56. The highest BCUT2D eigenvalue weighted by molar-refractivity contribution is 6.32. The summed E-state index contributed by atoms with van der Waals surface area (Å²) in [7, 11) is 1.73. The Morgan fingerprint density at radius 2 is 1.95 bits per heavy atom. The number of aliphatic imine (C=N–C) groups is 1. The smallest absolute Gasteiger partial charge is 0.270 e. The van der Waals surface area contributed by atoms with Gasteiger partial charge in [0, 0.05) is 13.1 Å². The first-order chi connectivity index (χ1) is 18.2. The highest BCUT2D eigenvalue weighted by Gasteiger charge is 2.36. The van der Waals surface area contributed by atoms with Crippen LogP contribution in [0.2, 0.25) is 5.02 Å². The fraction of sp³-hybridized carbons (Fsp3) is 0.536. The molecule has 1 unspecified atom stereocenters. The fourth-order valence-electron chi connectivity index (χ4n) is 4.63. The Hall–Kier alpha value is -2.88. The van der Waals surface area contributed by atoms with Gasteiger partial charge >= 0.3 is 0 Å². The van der Waals surface area contributed by atoms with Gasteiger partial charge in [-0.25, -0.2) is 0 Å². The highest BCUT2D eigenvalue weighted by Crippen LogP contribution is 2.31. The second-order valence-electron chi connectivity index (χ2n) is 9.96. The van der Waals surface area contributed by atoms with E-state index in [0.29, 0.717) is 28.9 Å². The van der Waals surface area contributed by atoms with Gasteiger partial charge in [0.25, 0.3) is 11.8 Å². The standard InChI is InChI=1S/C23H29ClN4O3.C5H10O2/c1-26-12-11-21(25)27-23(30)19(13-16-7-3-2-4-8-16)28-15-17(14-22(28)29)31-20-10-6-5-9-18(20)24;1-5(2)6-3-4-7-5/h5-6,9-12,14,16,19,26H,2-4,7-8,13,15H2,1H3,(H2,25,27,30);3-4H2,1-2H3/b12-11-;. The van der Waals surface area contributed by atoms with Crippen LogP contribution in [0.4, 0.5) is 0 Å². The topological polar surface area (TPSA) is 115 Å². The van der Waals surface area contributed by atoms with Gasteiger partial charge < -0.3 is 30.2 Å². The van der Waals surface area contributed by atoms with Crippen LogP contribution in [0.5, 0.6) is 5.75 Å². The average Bonchev–Trinajstić information content (AvgIpc) is 3.47. The van der Waals surface area contributed by atoms with E-state index in [-0.39, 0.29) is 24.1 Å². The first-order valence-corrected chi connectivity index (χ1v) is 13.5. The third kappa shape index (κ3) is 9.15. The number of amides is 2. The predicted octanol–water partition coefficient (Wildman–Crippen LogP) is 4.17. The number of amidine groups is 1. The Labute approximate surface area is 230 Å². The number of carbonyl (C=O) groups excluding carboxylic acids is 2. The second-order valence-corrected chi connectivity index (χ2v) is 10.4. The molecule has 1 saturated carbocycles. The van der Waals surface area contributed by atoms with E-state index in [4.69, 9.17) is 31.5 Å². The van der Waals surface area contributed by atoms with Crippen molar-refractivity contribution in [2.45, 2.75) is 64.2 Å². The molecular formula is C28H39ClN4O5. The van der Waals surface area contributed by atoms with Gasteiger partial charge in [0.05, 0.1) is 24.8 Å². The minimum atomic E-state index is -0.680. The number of rotatable bonds is 8. The Bertz CT molecular complexity index is 1040. The molecule has 10 heteroatoms. The molecule has 0 bridgehead atoms. The van der Waals surface area contributed by atoms with Gasteiger partial charge in [0.1, 0.15) is 23.4 Å². The van der Waals surface area contributed by atoms with Gasteiger partial charge in [-0.15, -0.1) is 0 Å². The maximum Gasteiger partial charge on any atom is 0.270 e. The predicted molar refractivity (Wildman–Crippen MR) is 148 cm³/mol. The molecule has 2 amide bonds. The zero-order chi connectivity index (χ0) is 27.5. The van der Waals surface area contributed by atoms with Crippen LogP contribution >= 0.6 is 11.6 Å². The lowest BCUT2D eigenvalue weighted by atomic mass is 9.84. The van der Waals surface area contributed by atoms with Crippen LogP contribution in [-0.4, -0.2) is 61.2 Å². The molecule has 2 heterocycles. The van der Waals surface area contributed by atoms with Crippen molar-refractivity contribution in [2.75, 3.05) is 26.8 Å². The normalized spacial score (nSPS) is 20.6. The van der Waals surface area contributed by atoms with E-state index in [1.165, 1.54) is 23.5 Å². The van der Waals surface area contributed by atoms with E-state index in [2.05, 4.69) is 10.3 Å². The molecule has 4 rings (SSSR count). The zero-order valence-electron chi connectivity index (χ0n) is 22.5. The molecule has 0 spiro atoms. The summed E-state index contributed by atoms with van der Waals surface area (Å²) in [6.45, 7) is 5.51. The molecule has 208 valence electrons. The first kappa shape index (κ1) is 29.7. The number of benzene rings is 1. The number of nitrogens with zero attached hydrogens (tertiary/aromatic N) is 2.